The van der Waals surface area contributed by atoms with Crippen LogP contribution in [-0.4, -0.2) is 66.9 Å². The van der Waals surface area contributed by atoms with Crippen LogP contribution in [0.15, 0.2) is 24.3 Å². The summed E-state index contributed by atoms with van der Waals surface area (Å²) in [5, 5.41) is 0. The lowest BCUT2D eigenvalue weighted by atomic mass is 10.2. The van der Waals surface area contributed by atoms with Gasteiger partial charge in [-0.05, 0) is 30.7 Å². The Bertz CT molecular complexity index is 683. The zero-order chi connectivity index (χ0) is 19.9. The molecule has 0 unspecified atom stereocenters. The third-order valence-corrected chi connectivity index (χ3v) is 5.42. The van der Waals surface area contributed by atoms with Gasteiger partial charge in [0.15, 0.2) is 0 Å². The number of hydrogen-bond acceptors (Lipinski definition) is 5. The van der Waals surface area contributed by atoms with Crippen LogP contribution >= 0.6 is 0 Å². The number of ether oxygens (including phenoxy) is 1. The molecule has 0 aromatic heterocycles. The summed E-state index contributed by atoms with van der Waals surface area (Å²) >= 11 is 0. The quantitative estimate of drug-likeness (QED) is 0.368. The average molecular weight is 387 g/mol. The molecule has 2 saturated heterocycles. The van der Waals surface area contributed by atoms with Crippen LogP contribution < -0.4 is 9.64 Å². The van der Waals surface area contributed by atoms with Gasteiger partial charge in [-0.15, -0.1) is 0 Å². The Kier molecular flexibility index (Phi) is 7.03. The van der Waals surface area contributed by atoms with E-state index in [2.05, 4.69) is 6.92 Å². The Labute approximate surface area is 166 Å². The molecule has 0 N–H and O–H groups in total. The fourth-order valence-electron chi connectivity index (χ4n) is 3.74. The minimum atomic E-state index is -0.434. The summed E-state index contributed by atoms with van der Waals surface area (Å²) in [6.45, 7) is 5.26. The van der Waals surface area contributed by atoms with Crippen LogP contribution in [0, 0.1) is 0 Å². The molecule has 2 fully saturated rings. The van der Waals surface area contributed by atoms with Crippen LogP contribution in [0.3, 0.4) is 0 Å². The smallest absolute Gasteiger partial charge is 0.251 e. The number of carbonyl (C=O) groups is 3. The lowest BCUT2D eigenvalue weighted by Gasteiger charge is -2.35. The maximum absolute atomic E-state index is 12.9. The Balaban J connectivity index is 1.56. The number of carbonyl (C=O) groups excluding carboxylic acids is 3. The maximum Gasteiger partial charge on any atom is 0.251 e. The van der Waals surface area contributed by atoms with Gasteiger partial charge in [0.25, 0.3) is 5.91 Å². The van der Waals surface area contributed by atoms with Gasteiger partial charge in [-0.2, -0.15) is 0 Å². The summed E-state index contributed by atoms with van der Waals surface area (Å²) in [6, 6.07) is 6.72. The van der Waals surface area contributed by atoms with Crippen molar-refractivity contribution in [2.24, 2.45) is 0 Å². The van der Waals surface area contributed by atoms with Crippen molar-refractivity contribution in [2.45, 2.75) is 45.1 Å². The molecule has 2 heterocycles. The predicted molar refractivity (Wildman–Crippen MR) is 106 cm³/mol. The number of imide groups is 1. The first-order valence-corrected chi connectivity index (χ1v) is 10.2. The molecule has 1 aromatic rings. The van der Waals surface area contributed by atoms with Gasteiger partial charge in [-0.25, -0.2) is 4.90 Å². The third kappa shape index (κ3) is 4.70. The Morgan fingerprint density at radius 2 is 1.75 bits per heavy atom. The van der Waals surface area contributed by atoms with Crippen LogP contribution in [0.2, 0.25) is 0 Å². The predicted octanol–water partition coefficient (Wildman–Crippen LogP) is 2.05. The topological polar surface area (TPSA) is 70.2 Å². The van der Waals surface area contributed by atoms with E-state index in [1.54, 1.807) is 17.0 Å². The molecule has 3 amide bonds. The summed E-state index contributed by atoms with van der Waals surface area (Å²) in [6.07, 6.45) is 5.62. The molecule has 2 aliphatic rings. The second-order valence-corrected chi connectivity index (χ2v) is 7.37. The molecule has 7 heteroatoms. The van der Waals surface area contributed by atoms with Crippen molar-refractivity contribution in [3.05, 3.63) is 24.3 Å². The van der Waals surface area contributed by atoms with E-state index in [0.29, 0.717) is 38.5 Å². The molecule has 28 heavy (non-hydrogen) atoms. The lowest BCUT2D eigenvalue weighted by molar-refractivity contribution is -0.124. The molecule has 152 valence electrons. The molecular formula is C21H29N3O4. The first-order valence-electron chi connectivity index (χ1n) is 10.2. The normalized spacial score (nSPS) is 20.7. The van der Waals surface area contributed by atoms with Crippen molar-refractivity contribution >= 4 is 23.9 Å². The molecule has 7 nitrogen and oxygen atoms in total. The highest BCUT2D eigenvalue weighted by Crippen LogP contribution is 2.28. The molecular weight excluding hydrogens is 358 g/mol. The van der Waals surface area contributed by atoms with Gasteiger partial charge < -0.3 is 9.64 Å². The first kappa shape index (κ1) is 20.3. The van der Waals surface area contributed by atoms with E-state index in [4.69, 9.17) is 4.74 Å². The van der Waals surface area contributed by atoms with Crippen LogP contribution in [-0.2, 0) is 14.4 Å². The Hall–Kier alpha value is -2.41. The van der Waals surface area contributed by atoms with Gasteiger partial charge >= 0.3 is 0 Å². The molecule has 0 spiro atoms. The van der Waals surface area contributed by atoms with Crippen molar-refractivity contribution in [3.63, 3.8) is 0 Å². The number of unbranched alkanes of at least 4 members (excludes halogenated alkanes) is 3. The Morgan fingerprint density at radius 3 is 2.39 bits per heavy atom. The lowest BCUT2D eigenvalue weighted by Crippen LogP contribution is -2.52. The second kappa shape index (κ2) is 9.68. The summed E-state index contributed by atoms with van der Waals surface area (Å²) in [5.41, 5.74) is 0.586. The fraction of sp³-hybridized carbons (Fsp3) is 0.571. The van der Waals surface area contributed by atoms with Crippen molar-refractivity contribution in [1.82, 2.24) is 9.80 Å². The maximum atomic E-state index is 12.9. The van der Waals surface area contributed by atoms with E-state index in [-0.39, 0.29) is 18.2 Å². The highest BCUT2D eigenvalue weighted by atomic mass is 16.5. The van der Waals surface area contributed by atoms with Crippen molar-refractivity contribution in [3.8, 4) is 5.75 Å². The monoisotopic (exact) mass is 387 g/mol. The molecule has 0 saturated carbocycles. The number of piperazine rings is 1. The molecule has 2 aliphatic heterocycles. The van der Waals surface area contributed by atoms with Gasteiger partial charge in [0.05, 0.1) is 24.8 Å². The van der Waals surface area contributed by atoms with Crippen LogP contribution in [0.4, 0.5) is 5.69 Å². The molecule has 1 atom stereocenters. The first-order chi connectivity index (χ1) is 13.6. The second-order valence-electron chi connectivity index (χ2n) is 7.37. The number of rotatable bonds is 9. The zero-order valence-electron chi connectivity index (χ0n) is 16.5. The molecule has 1 aromatic carbocycles. The van der Waals surface area contributed by atoms with E-state index in [9.17, 15) is 14.4 Å². The fourth-order valence-corrected chi connectivity index (χ4v) is 3.74. The van der Waals surface area contributed by atoms with Crippen molar-refractivity contribution in [2.75, 3.05) is 37.7 Å². The highest BCUT2D eigenvalue weighted by Gasteiger charge is 2.43. The Morgan fingerprint density at radius 1 is 1.04 bits per heavy atom. The van der Waals surface area contributed by atoms with Gasteiger partial charge in [0.1, 0.15) is 5.75 Å². The number of hydrogen-bond donors (Lipinski definition) is 0. The van der Waals surface area contributed by atoms with Crippen molar-refractivity contribution in [1.29, 1.82) is 0 Å². The van der Waals surface area contributed by atoms with E-state index in [0.717, 1.165) is 25.0 Å². The average Bonchev–Trinajstić information content (AvgIpc) is 3.02. The van der Waals surface area contributed by atoms with Crippen molar-refractivity contribution < 1.29 is 19.1 Å². The molecule has 0 bridgehead atoms. The minimum absolute atomic E-state index is 0.180. The number of benzene rings is 1. The van der Waals surface area contributed by atoms with E-state index in [1.807, 2.05) is 17.0 Å². The van der Waals surface area contributed by atoms with Crippen LogP contribution in [0.5, 0.6) is 5.75 Å². The summed E-state index contributed by atoms with van der Waals surface area (Å²) in [5.74, 6) is 0.389. The number of amides is 3. The van der Waals surface area contributed by atoms with Crippen LogP contribution in [0.1, 0.15) is 39.0 Å². The molecule has 0 aliphatic carbocycles. The summed E-state index contributed by atoms with van der Waals surface area (Å²) < 4.78 is 5.73. The van der Waals surface area contributed by atoms with Gasteiger partial charge in [0, 0.05) is 26.2 Å². The van der Waals surface area contributed by atoms with Crippen LogP contribution in [0.25, 0.3) is 0 Å². The van der Waals surface area contributed by atoms with E-state index >= 15 is 0 Å². The molecule has 0 radical (unpaired) electrons. The number of anilines is 1. The van der Waals surface area contributed by atoms with Gasteiger partial charge in [-0.3, -0.25) is 19.3 Å². The van der Waals surface area contributed by atoms with Gasteiger partial charge in [-0.1, -0.05) is 26.2 Å². The third-order valence-electron chi connectivity index (χ3n) is 5.42. The zero-order valence-corrected chi connectivity index (χ0v) is 16.5. The standard InChI is InChI=1S/C21H29N3O4/c1-2-3-4-5-14-28-18-8-6-17(7-9-18)24-20(26)15-19(21(24)27)23-12-10-22(16-25)11-13-23/h6-9,16,19H,2-5,10-15H2,1H3/t19-/m1/s1. The SMILES string of the molecule is CCCCCCOc1ccc(N2C(=O)C[C@@H](N3CCN(C=O)CC3)C2=O)cc1. The highest BCUT2D eigenvalue weighted by molar-refractivity contribution is 6.22. The van der Waals surface area contributed by atoms with E-state index in [1.165, 1.54) is 17.7 Å². The summed E-state index contributed by atoms with van der Waals surface area (Å²) in [7, 11) is 0. The summed E-state index contributed by atoms with van der Waals surface area (Å²) in [4.78, 5) is 41.2. The van der Waals surface area contributed by atoms with Gasteiger partial charge in [0.2, 0.25) is 12.3 Å². The molecule has 3 rings (SSSR count). The minimum Gasteiger partial charge on any atom is -0.494 e. The van der Waals surface area contributed by atoms with E-state index < -0.39 is 6.04 Å². The number of nitrogens with zero attached hydrogens (tertiary/aromatic N) is 3. The largest absolute Gasteiger partial charge is 0.494 e.